The van der Waals surface area contributed by atoms with Crippen LogP contribution in [-0.4, -0.2) is 50.1 Å². The molecule has 0 radical (unpaired) electrons. The second-order valence-electron chi connectivity index (χ2n) is 9.01. The molecule has 4 rings (SSSR count). The van der Waals surface area contributed by atoms with Crippen molar-refractivity contribution in [1.29, 1.82) is 0 Å². The zero-order valence-corrected chi connectivity index (χ0v) is 20.4. The topological polar surface area (TPSA) is 107 Å². The number of aliphatic carboxylic acids is 1. The number of carbonyl (C=O) groups is 1. The number of aliphatic hydroxyl groups excluding tert-OH is 1. The molecule has 1 aliphatic heterocycles. The monoisotopic (exact) mass is 489 g/mol. The van der Waals surface area contributed by atoms with Gasteiger partial charge in [-0.2, -0.15) is 0 Å². The van der Waals surface area contributed by atoms with Crippen LogP contribution in [-0.2, 0) is 29.5 Å². The second kappa shape index (κ2) is 11.2. The van der Waals surface area contributed by atoms with Crippen molar-refractivity contribution in [2.45, 2.75) is 39.2 Å². The molecule has 0 saturated carbocycles. The number of nitrogens with zero attached hydrogens (tertiary/aromatic N) is 3. The highest BCUT2D eigenvalue weighted by atomic mass is 35.5. The molecular weight excluding hydrogens is 458 g/mol. The largest absolute Gasteiger partial charge is 0.481 e. The highest BCUT2D eigenvalue weighted by molar-refractivity contribution is 5.85. The number of aromatic nitrogens is 3. The third kappa shape index (κ3) is 5.51. The maximum atomic E-state index is 12.2. The summed E-state index contributed by atoms with van der Waals surface area (Å²) in [7, 11) is 1.75. The van der Waals surface area contributed by atoms with E-state index in [9.17, 15) is 19.8 Å². The van der Waals surface area contributed by atoms with Gasteiger partial charge in [-0.05, 0) is 62.3 Å². The zero-order chi connectivity index (χ0) is 23.5. The number of carboxylic acids is 1. The minimum absolute atomic E-state index is 0. The van der Waals surface area contributed by atoms with Gasteiger partial charge in [0.15, 0.2) is 0 Å². The average Bonchev–Trinajstić information content (AvgIpc) is 3.15. The molecule has 184 valence electrons. The lowest BCUT2D eigenvalue weighted by Gasteiger charge is -2.23. The Hall–Kier alpha value is -2.68. The first kappa shape index (κ1) is 25.9. The third-order valence-corrected chi connectivity index (χ3v) is 6.57. The maximum absolute atomic E-state index is 12.2. The van der Waals surface area contributed by atoms with Gasteiger partial charge in [-0.1, -0.05) is 6.07 Å². The molecule has 1 aromatic carbocycles. The van der Waals surface area contributed by atoms with Gasteiger partial charge in [0.05, 0.1) is 23.6 Å². The molecule has 1 aliphatic rings. The number of rotatable bonds is 8. The zero-order valence-electron chi connectivity index (χ0n) is 19.6. The van der Waals surface area contributed by atoms with Crippen molar-refractivity contribution in [3.05, 3.63) is 51.9 Å². The number of ether oxygens (including phenoxy) is 1. The van der Waals surface area contributed by atoms with Gasteiger partial charge in [0.1, 0.15) is 5.82 Å². The first-order valence-corrected chi connectivity index (χ1v) is 11.5. The summed E-state index contributed by atoms with van der Waals surface area (Å²) in [6.45, 7) is 3.81. The number of aryl methyl sites for hydroxylation is 3. The van der Waals surface area contributed by atoms with Crippen LogP contribution in [0.25, 0.3) is 22.4 Å². The minimum atomic E-state index is -0.980. The van der Waals surface area contributed by atoms with Crippen molar-refractivity contribution in [3.8, 4) is 11.4 Å². The fourth-order valence-corrected chi connectivity index (χ4v) is 4.56. The Morgan fingerprint density at radius 2 is 2.00 bits per heavy atom. The summed E-state index contributed by atoms with van der Waals surface area (Å²) in [6.07, 6.45) is 4.75. The van der Waals surface area contributed by atoms with Gasteiger partial charge in [0.2, 0.25) is 0 Å². The number of halogens is 1. The van der Waals surface area contributed by atoms with Crippen LogP contribution in [0.4, 0.5) is 0 Å². The van der Waals surface area contributed by atoms with Crippen LogP contribution in [0.5, 0.6) is 0 Å². The molecule has 1 saturated heterocycles. The summed E-state index contributed by atoms with van der Waals surface area (Å²) in [5.41, 5.74) is 4.39. The second-order valence-corrected chi connectivity index (χ2v) is 9.01. The molecule has 0 spiro atoms. The fourth-order valence-electron chi connectivity index (χ4n) is 4.56. The molecule has 2 N–H and O–H groups in total. The predicted octanol–water partition coefficient (Wildman–Crippen LogP) is 3.18. The Labute approximate surface area is 204 Å². The number of imidazole rings is 1. The Kier molecular flexibility index (Phi) is 8.52. The molecule has 1 atom stereocenters. The number of benzene rings is 1. The van der Waals surface area contributed by atoms with Gasteiger partial charge in [0, 0.05) is 44.1 Å². The van der Waals surface area contributed by atoms with Crippen molar-refractivity contribution in [2.75, 3.05) is 19.8 Å². The maximum Gasteiger partial charge on any atom is 0.308 e. The smallest absolute Gasteiger partial charge is 0.308 e. The van der Waals surface area contributed by atoms with E-state index in [4.69, 9.17) is 9.72 Å². The number of aliphatic hydroxyl groups is 1. The average molecular weight is 490 g/mol. The van der Waals surface area contributed by atoms with E-state index in [1.165, 1.54) is 0 Å². The molecule has 1 fully saturated rings. The molecule has 34 heavy (non-hydrogen) atoms. The first-order valence-electron chi connectivity index (χ1n) is 11.5. The van der Waals surface area contributed by atoms with Crippen LogP contribution >= 0.6 is 12.4 Å². The van der Waals surface area contributed by atoms with E-state index < -0.39 is 11.9 Å². The van der Waals surface area contributed by atoms with Gasteiger partial charge in [0.25, 0.3) is 5.56 Å². The van der Waals surface area contributed by atoms with Gasteiger partial charge >= 0.3 is 5.97 Å². The minimum Gasteiger partial charge on any atom is -0.481 e. The van der Waals surface area contributed by atoms with Crippen molar-refractivity contribution in [1.82, 2.24) is 14.1 Å². The van der Waals surface area contributed by atoms with Crippen molar-refractivity contribution >= 4 is 29.4 Å². The van der Waals surface area contributed by atoms with Gasteiger partial charge in [-0.25, -0.2) is 4.98 Å². The molecule has 0 amide bonds. The predicted molar refractivity (Wildman–Crippen MR) is 132 cm³/mol. The lowest BCUT2D eigenvalue weighted by molar-refractivity contribution is -0.143. The third-order valence-electron chi connectivity index (χ3n) is 6.57. The number of fused-ring (bicyclic) bond motifs is 1. The summed E-state index contributed by atoms with van der Waals surface area (Å²) >= 11 is 0. The molecular formula is C25H32ClN3O5. The highest BCUT2D eigenvalue weighted by Gasteiger charge is 2.21. The van der Waals surface area contributed by atoms with E-state index in [2.05, 4.69) is 4.57 Å². The van der Waals surface area contributed by atoms with Crippen LogP contribution in [0.1, 0.15) is 30.4 Å². The van der Waals surface area contributed by atoms with E-state index in [1.54, 1.807) is 11.6 Å². The van der Waals surface area contributed by atoms with E-state index >= 15 is 0 Å². The summed E-state index contributed by atoms with van der Waals surface area (Å²) in [5, 5.41) is 18.5. The molecule has 0 aliphatic carbocycles. The molecule has 3 heterocycles. The summed E-state index contributed by atoms with van der Waals surface area (Å²) < 4.78 is 9.36. The molecule has 9 heteroatoms. The Morgan fingerprint density at radius 1 is 1.26 bits per heavy atom. The van der Waals surface area contributed by atoms with Crippen LogP contribution < -0.4 is 5.56 Å². The summed E-state index contributed by atoms with van der Waals surface area (Å²) in [4.78, 5) is 28.4. The highest BCUT2D eigenvalue weighted by Crippen LogP contribution is 2.29. The van der Waals surface area contributed by atoms with E-state index in [0.717, 1.165) is 60.6 Å². The number of hydrogen-bond acceptors (Lipinski definition) is 5. The lowest BCUT2D eigenvalue weighted by atomic mass is 9.99. The van der Waals surface area contributed by atoms with Crippen LogP contribution in [0.2, 0.25) is 0 Å². The Bertz CT molecular complexity index is 1190. The number of carboxylic acid groups (broad SMARTS) is 1. The Balaban J connectivity index is 0.00000324. The molecule has 0 bridgehead atoms. The lowest BCUT2D eigenvalue weighted by Crippen LogP contribution is -2.21. The van der Waals surface area contributed by atoms with Gasteiger partial charge in [-0.3, -0.25) is 9.59 Å². The van der Waals surface area contributed by atoms with Crippen LogP contribution in [0.3, 0.4) is 0 Å². The molecule has 8 nitrogen and oxygen atoms in total. The Morgan fingerprint density at radius 3 is 2.65 bits per heavy atom. The number of hydrogen-bond donors (Lipinski definition) is 2. The number of pyridine rings is 1. The van der Waals surface area contributed by atoms with Crippen LogP contribution in [0.15, 0.2) is 35.3 Å². The van der Waals surface area contributed by atoms with Crippen molar-refractivity contribution < 1.29 is 19.7 Å². The van der Waals surface area contributed by atoms with Gasteiger partial charge < -0.3 is 24.1 Å². The van der Waals surface area contributed by atoms with Crippen molar-refractivity contribution in [2.24, 2.45) is 18.9 Å². The van der Waals surface area contributed by atoms with E-state index in [0.29, 0.717) is 24.3 Å². The van der Waals surface area contributed by atoms with E-state index in [1.807, 2.05) is 37.4 Å². The standard InChI is InChI=1S/C25H31N3O5.ClH/c1-16-11-20(14-27(2)24(16)30)23-26-21-12-17(3-5-19(15-29)25(31)32)4-6-22(21)28(23)13-18-7-9-33-10-8-18;/h4,6,11-12,14,18-19,29H,3,5,7-10,13,15H2,1-2H3,(H,31,32);1H/t19-;/m0./s1. The van der Waals surface area contributed by atoms with Crippen molar-refractivity contribution in [3.63, 3.8) is 0 Å². The fraction of sp³-hybridized carbons (Fsp3) is 0.480. The van der Waals surface area contributed by atoms with Gasteiger partial charge in [-0.15, -0.1) is 12.4 Å². The molecule has 3 aromatic rings. The van der Waals surface area contributed by atoms with E-state index in [-0.39, 0.29) is 24.6 Å². The summed E-state index contributed by atoms with van der Waals surface area (Å²) in [5.74, 6) is -0.433. The van der Waals surface area contributed by atoms with Crippen LogP contribution in [0, 0.1) is 18.8 Å². The molecule has 2 aromatic heterocycles. The SMILES string of the molecule is Cc1cc(-c2nc3cc(CC[C@@H](CO)C(=O)O)ccc3n2CC2CCOCC2)cn(C)c1=O.Cl. The normalized spacial score (nSPS) is 15.3. The molecule has 0 unspecified atom stereocenters. The quantitative estimate of drug-likeness (QED) is 0.503. The summed E-state index contributed by atoms with van der Waals surface area (Å²) in [6, 6.07) is 7.95. The first-order chi connectivity index (χ1) is 15.9.